The van der Waals surface area contributed by atoms with Crippen molar-refractivity contribution in [2.75, 3.05) is 6.61 Å². The zero-order valence-corrected chi connectivity index (χ0v) is 8.85. The molecule has 1 rings (SSSR count). The minimum Gasteiger partial charge on any atom is -0.462 e. The summed E-state index contributed by atoms with van der Waals surface area (Å²) in [6.07, 6.45) is 1.58. The van der Waals surface area contributed by atoms with E-state index in [1.807, 2.05) is 13.8 Å². The van der Waals surface area contributed by atoms with Gasteiger partial charge in [-0.3, -0.25) is 0 Å². The van der Waals surface area contributed by atoms with Crippen LogP contribution < -0.4 is 0 Å². The molecule has 0 spiro atoms. The highest BCUT2D eigenvalue weighted by atomic mass is 32.1. The van der Waals surface area contributed by atoms with Crippen LogP contribution in [0.15, 0.2) is 6.20 Å². The van der Waals surface area contributed by atoms with Crippen LogP contribution in [0.2, 0.25) is 0 Å². The molecule has 1 heterocycles. The van der Waals surface area contributed by atoms with Crippen LogP contribution in [0.1, 0.15) is 41.4 Å². The van der Waals surface area contributed by atoms with Crippen molar-refractivity contribution in [3.63, 3.8) is 0 Å². The number of aromatic nitrogens is 1. The van der Waals surface area contributed by atoms with Crippen LogP contribution in [-0.2, 0) is 4.74 Å². The van der Waals surface area contributed by atoms with Gasteiger partial charge in [0.25, 0.3) is 0 Å². The van der Waals surface area contributed by atoms with E-state index in [-0.39, 0.29) is 5.97 Å². The lowest BCUT2D eigenvalue weighted by Crippen LogP contribution is -2.01. The van der Waals surface area contributed by atoms with Gasteiger partial charge in [-0.05, 0) is 6.92 Å². The summed E-state index contributed by atoms with van der Waals surface area (Å²) >= 11 is 1.40. The van der Waals surface area contributed by atoms with Crippen LogP contribution in [0.25, 0.3) is 0 Å². The van der Waals surface area contributed by atoms with Crippen LogP contribution in [-0.4, -0.2) is 17.6 Å². The molecule has 4 heteroatoms. The summed E-state index contributed by atoms with van der Waals surface area (Å²) in [6.45, 7) is 6.30. The fraction of sp³-hybridized carbons (Fsp3) is 0.556. The van der Waals surface area contributed by atoms with E-state index >= 15 is 0 Å². The Balaban J connectivity index is 2.73. The number of rotatable bonds is 3. The highest BCUT2D eigenvalue weighted by Crippen LogP contribution is 2.21. The number of nitrogens with zero attached hydrogens (tertiary/aromatic N) is 1. The molecule has 72 valence electrons. The van der Waals surface area contributed by atoms with E-state index in [0.29, 0.717) is 17.4 Å². The van der Waals surface area contributed by atoms with E-state index < -0.39 is 0 Å². The lowest BCUT2D eigenvalue weighted by atomic mass is 10.2. The fourth-order valence-electron chi connectivity index (χ4n) is 0.851. The first-order chi connectivity index (χ1) is 6.15. The predicted molar refractivity (Wildman–Crippen MR) is 52.2 cm³/mol. The molecule has 0 saturated heterocycles. The molecule has 0 fully saturated rings. The molecule has 0 aliphatic rings. The van der Waals surface area contributed by atoms with Crippen molar-refractivity contribution in [3.05, 3.63) is 16.1 Å². The number of carbonyl (C=O) groups excluding carboxylic acids is 1. The molecule has 1 aromatic rings. The zero-order chi connectivity index (χ0) is 9.84. The van der Waals surface area contributed by atoms with Gasteiger partial charge in [-0.25, -0.2) is 9.78 Å². The second-order valence-electron chi connectivity index (χ2n) is 2.94. The molecule has 0 atom stereocenters. The van der Waals surface area contributed by atoms with E-state index in [9.17, 15) is 4.79 Å². The van der Waals surface area contributed by atoms with Gasteiger partial charge in [-0.15, -0.1) is 11.3 Å². The third-order valence-corrected chi connectivity index (χ3v) is 2.77. The number of thiazole rings is 1. The average Bonchev–Trinajstić information content (AvgIpc) is 2.52. The quantitative estimate of drug-likeness (QED) is 0.702. The second kappa shape index (κ2) is 4.37. The fourth-order valence-corrected chi connectivity index (χ4v) is 1.67. The minimum atomic E-state index is -0.271. The first kappa shape index (κ1) is 10.2. The Morgan fingerprint density at radius 2 is 2.38 bits per heavy atom. The van der Waals surface area contributed by atoms with Crippen LogP contribution in [0.3, 0.4) is 0 Å². The lowest BCUT2D eigenvalue weighted by molar-refractivity contribution is 0.0532. The maximum atomic E-state index is 11.2. The molecule has 0 saturated carbocycles. The molecule has 3 nitrogen and oxygen atoms in total. The largest absolute Gasteiger partial charge is 0.462 e. The highest BCUT2D eigenvalue weighted by Gasteiger charge is 2.12. The van der Waals surface area contributed by atoms with Gasteiger partial charge in [0.05, 0.1) is 17.8 Å². The average molecular weight is 199 g/mol. The molecule has 0 unspecified atom stereocenters. The SMILES string of the molecule is CCOC(=O)c1cnc(C(C)C)s1. The van der Waals surface area contributed by atoms with E-state index in [4.69, 9.17) is 4.74 Å². The third-order valence-electron chi connectivity index (χ3n) is 1.49. The van der Waals surface area contributed by atoms with E-state index in [1.165, 1.54) is 11.3 Å². The van der Waals surface area contributed by atoms with Crippen LogP contribution >= 0.6 is 11.3 Å². The van der Waals surface area contributed by atoms with E-state index in [0.717, 1.165) is 5.01 Å². The summed E-state index contributed by atoms with van der Waals surface area (Å²) in [5.41, 5.74) is 0. The van der Waals surface area contributed by atoms with Crippen molar-refractivity contribution in [1.29, 1.82) is 0 Å². The Morgan fingerprint density at radius 1 is 1.69 bits per heavy atom. The molecule has 0 radical (unpaired) electrons. The van der Waals surface area contributed by atoms with Crippen molar-refractivity contribution in [3.8, 4) is 0 Å². The molecular weight excluding hydrogens is 186 g/mol. The van der Waals surface area contributed by atoms with Gasteiger partial charge >= 0.3 is 5.97 Å². The summed E-state index contributed by atoms with van der Waals surface area (Å²) in [5, 5.41) is 0.975. The van der Waals surface area contributed by atoms with Crippen molar-refractivity contribution in [2.45, 2.75) is 26.7 Å². The van der Waals surface area contributed by atoms with Gasteiger partial charge in [0.15, 0.2) is 0 Å². The minimum absolute atomic E-state index is 0.271. The first-order valence-corrected chi connectivity index (χ1v) is 5.09. The highest BCUT2D eigenvalue weighted by molar-refractivity contribution is 7.13. The Bertz CT molecular complexity index is 294. The summed E-state index contributed by atoms with van der Waals surface area (Å²) < 4.78 is 4.85. The Labute approximate surface area is 81.8 Å². The summed E-state index contributed by atoms with van der Waals surface area (Å²) in [7, 11) is 0. The number of esters is 1. The molecule has 0 amide bonds. The normalized spacial score (nSPS) is 10.5. The van der Waals surface area contributed by atoms with Crippen molar-refractivity contribution in [1.82, 2.24) is 4.98 Å². The van der Waals surface area contributed by atoms with Crippen LogP contribution in [0.4, 0.5) is 0 Å². The standard InChI is InChI=1S/C9H13NO2S/c1-4-12-9(11)7-5-10-8(13-7)6(2)3/h5-6H,4H2,1-3H3. The number of hydrogen-bond acceptors (Lipinski definition) is 4. The zero-order valence-electron chi connectivity index (χ0n) is 8.03. The lowest BCUT2D eigenvalue weighted by Gasteiger charge is -1.97. The van der Waals surface area contributed by atoms with Crippen LogP contribution in [0.5, 0.6) is 0 Å². The molecule has 0 aliphatic carbocycles. The van der Waals surface area contributed by atoms with Gasteiger partial charge in [0.2, 0.25) is 0 Å². The predicted octanol–water partition coefficient (Wildman–Crippen LogP) is 2.44. The third kappa shape index (κ3) is 2.52. The van der Waals surface area contributed by atoms with E-state index in [2.05, 4.69) is 4.98 Å². The Morgan fingerprint density at radius 3 is 2.85 bits per heavy atom. The van der Waals surface area contributed by atoms with Gasteiger partial charge in [-0.2, -0.15) is 0 Å². The van der Waals surface area contributed by atoms with Crippen molar-refractivity contribution < 1.29 is 9.53 Å². The molecule has 1 aromatic heterocycles. The van der Waals surface area contributed by atoms with Crippen LogP contribution in [0, 0.1) is 0 Å². The molecule has 0 bridgehead atoms. The molecule has 13 heavy (non-hydrogen) atoms. The molecular formula is C9H13NO2S. The molecule has 0 aromatic carbocycles. The van der Waals surface area contributed by atoms with Gasteiger partial charge in [0.1, 0.15) is 4.88 Å². The van der Waals surface area contributed by atoms with E-state index in [1.54, 1.807) is 13.1 Å². The maximum absolute atomic E-state index is 11.2. The van der Waals surface area contributed by atoms with Gasteiger partial charge in [0, 0.05) is 5.92 Å². The Kier molecular flexibility index (Phi) is 3.42. The Hall–Kier alpha value is -0.900. The van der Waals surface area contributed by atoms with Crippen molar-refractivity contribution >= 4 is 17.3 Å². The number of ether oxygens (including phenoxy) is 1. The summed E-state index contributed by atoms with van der Waals surface area (Å²) in [5.74, 6) is 0.0973. The summed E-state index contributed by atoms with van der Waals surface area (Å²) in [6, 6.07) is 0. The second-order valence-corrected chi connectivity index (χ2v) is 4.00. The number of hydrogen-bond donors (Lipinski definition) is 0. The number of carbonyl (C=O) groups is 1. The van der Waals surface area contributed by atoms with Gasteiger partial charge in [-0.1, -0.05) is 13.8 Å². The monoisotopic (exact) mass is 199 g/mol. The topological polar surface area (TPSA) is 39.2 Å². The molecule has 0 N–H and O–H groups in total. The first-order valence-electron chi connectivity index (χ1n) is 4.28. The maximum Gasteiger partial charge on any atom is 0.349 e. The smallest absolute Gasteiger partial charge is 0.349 e. The molecule has 0 aliphatic heterocycles. The van der Waals surface area contributed by atoms with Crippen molar-refractivity contribution in [2.24, 2.45) is 0 Å². The van der Waals surface area contributed by atoms with Gasteiger partial charge < -0.3 is 4.74 Å². The summed E-state index contributed by atoms with van der Waals surface area (Å²) in [4.78, 5) is 16.0.